The highest BCUT2D eigenvalue weighted by Gasteiger charge is 2.37. The van der Waals surface area contributed by atoms with E-state index < -0.39 is 5.92 Å². The molecule has 0 bridgehead atoms. The van der Waals surface area contributed by atoms with Gasteiger partial charge in [-0.25, -0.2) is 8.78 Å². The number of halogens is 2. The van der Waals surface area contributed by atoms with Crippen molar-refractivity contribution in [2.24, 2.45) is 11.3 Å². The molecule has 1 aliphatic rings. The first kappa shape index (κ1) is 15.9. The molecule has 0 aliphatic heterocycles. The molecule has 0 amide bonds. The van der Waals surface area contributed by atoms with Crippen LogP contribution in [0.2, 0.25) is 0 Å². The molecule has 1 fully saturated rings. The molecular formula is C15H29F2N. The average Bonchev–Trinajstić information content (AvgIpc) is 2.24. The third kappa shape index (κ3) is 5.64. The Morgan fingerprint density at radius 1 is 1.22 bits per heavy atom. The van der Waals surface area contributed by atoms with Crippen molar-refractivity contribution >= 4 is 0 Å². The Morgan fingerprint density at radius 3 is 2.22 bits per heavy atom. The standard InChI is InChI=1S/C15H29F2N/c1-14(2,3)9-5-6-13(18-4)12-7-10-15(16,17)11-8-12/h12-13,18H,5-11H2,1-4H3. The molecule has 1 rings (SSSR count). The Bertz CT molecular complexity index is 235. The van der Waals surface area contributed by atoms with E-state index in [1.807, 2.05) is 7.05 Å². The number of alkyl halides is 2. The molecule has 18 heavy (non-hydrogen) atoms. The van der Waals surface area contributed by atoms with Crippen LogP contribution in [-0.4, -0.2) is 19.0 Å². The SMILES string of the molecule is CNC(CCCC(C)(C)C)C1CCC(F)(F)CC1. The molecule has 1 atom stereocenters. The lowest BCUT2D eigenvalue weighted by molar-refractivity contribution is -0.0497. The van der Waals surface area contributed by atoms with Crippen LogP contribution in [0.5, 0.6) is 0 Å². The van der Waals surface area contributed by atoms with Crippen molar-refractivity contribution in [1.82, 2.24) is 5.32 Å². The molecule has 0 aromatic carbocycles. The van der Waals surface area contributed by atoms with Crippen molar-refractivity contribution in [3.8, 4) is 0 Å². The van der Waals surface area contributed by atoms with Crippen molar-refractivity contribution in [3.05, 3.63) is 0 Å². The van der Waals surface area contributed by atoms with Crippen molar-refractivity contribution in [1.29, 1.82) is 0 Å². The van der Waals surface area contributed by atoms with E-state index in [-0.39, 0.29) is 12.8 Å². The second-order valence-corrected chi connectivity index (χ2v) is 7.04. The fraction of sp³-hybridized carbons (Fsp3) is 1.00. The Morgan fingerprint density at radius 2 is 1.78 bits per heavy atom. The summed E-state index contributed by atoms with van der Waals surface area (Å²) in [4.78, 5) is 0. The predicted molar refractivity (Wildman–Crippen MR) is 73.1 cm³/mol. The summed E-state index contributed by atoms with van der Waals surface area (Å²) in [6.45, 7) is 6.76. The molecule has 1 nitrogen and oxygen atoms in total. The van der Waals surface area contributed by atoms with Gasteiger partial charge in [0.15, 0.2) is 0 Å². The van der Waals surface area contributed by atoms with E-state index >= 15 is 0 Å². The zero-order valence-electron chi connectivity index (χ0n) is 12.4. The molecule has 0 heterocycles. The second kappa shape index (κ2) is 6.31. The summed E-state index contributed by atoms with van der Waals surface area (Å²) in [7, 11) is 1.97. The number of hydrogen-bond donors (Lipinski definition) is 1. The van der Waals surface area contributed by atoms with Gasteiger partial charge in [-0.2, -0.15) is 0 Å². The molecule has 1 unspecified atom stereocenters. The van der Waals surface area contributed by atoms with Gasteiger partial charge in [-0.1, -0.05) is 27.2 Å². The maximum atomic E-state index is 13.1. The van der Waals surface area contributed by atoms with Crippen LogP contribution in [0.25, 0.3) is 0 Å². The molecule has 0 saturated heterocycles. The van der Waals surface area contributed by atoms with E-state index in [2.05, 4.69) is 26.1 Å². The van der Waals surface area contributed by atoms with Gasteiger partial charge in [-0.05, 0) is 44.1 Å². The highest BCUT2D eigenvalue weighted by molar-refractivity contribution is 4.84. The minimum Gasteiger partial charge on any atom is -0.317 e. The fourth-order valence-corrected chi connectivity index (χ4v) is 2.93. The molecule has 1 N–H and O–H groups in total. The number of rotatable bonds is 5. The second-order valence-electron chi connectivity index (χ2n) is 7.04. The van der Waals surface area contributed by atoms with E-state index in [1.54, 1.807) is 0 Å². The van der Waals surface area contributed by atoms with Gasteiger partial charge in [0.1, 0.15) is 0 Å². The van der Waals surface area contributed by atoms with Crippen LogP contribution in [0.1, 0.15) is 65.7 Å². The van der Waals surface area contributed by atoms with Crippen LogP contribution in [0.4, 0.5) is 8.78 Å². The first-order chi connectivity index (χ1) is 8.23. The minimum absolute atomic E-state index is 0.0785. The van der Waals surface area contributed by atoms with Crippen LogP contribution >= 0.6 is 0 Å². The summed E-state index contributed by atoms with van der Waals surface area (Å²) < 4.78 is 26.3. The van der Waals surface area contributed by atoms with Gasteiger partial charge in [0.05, 0.1) is 0 Å². The Balaban J connectivity index is 2.33. The Kier molecular flexibility index (Phi) is 5.57. The molecule has 0 spiro atoms. The maximum absolute atomic E-state index is 13.1. The smallest absolute Gasteiger partial charge is 0.248 e. The van der Waals surface area contributed by atoms with Gasteiger partial charge >= 0.3 is 0 Å². The van der Waals surface area contributed by atoms with E-state index in [9.17, 15) is 8.78 Å². The normalized spacial score (nSPS) is 23.0. The fourth-order valence-electron chi connectivity index (χ4n) is 2.93. The molecule has 3 heteroatoms. The largest absolute Gasteiger partial charge is 0.317 e. The maximum Gasteiger partial charge on any atom is 0.248 e. The summed E-state index contributed by atoms with van der Waals surface area (Å²) in [5, 5.41) is 3.34. The average molecular weight is 261 g/mol. The monoisotopic (exact) mass is 261 g/mol. The minimum atomic E-state index is -2.40. The highest BCUT2D eigenvalue weighted by Crippen LogP contribution is 2.38. The van der Waals surface area contributed by atoms with Crippen molar-refractivity contribution < 1.29 is 8.78 Å². The Labute approximate surface area is 111 Å². The van der Waals surface area contributed by atoms with Gasteiger partial charge in [0, 0.05) is 18.9 Å². The summed E-state index contributed by atoms with van der Waals surface area (Å²) in [5.41, 5.74) is 0.373. The van der Waals surface area contributed by atoms with E-state index in [0.29, 0.717) is 30.2 Å². The molecule has 108 valence electrons. The van der Waals surface area contributed by atoms with Crippen molar-refractivity contribution in [2.45, 2.75) is 77.7 Å². The number of nitrogens with one attached hydrogen (secondary N) is 1. The van der Waals surface area contributed by atoms with Gasteiger partial charge in [0.2, 0.25) is 5.92 Å². The van der Waals surface area contributed by atoms with E-state index in [4.69, 9.17) is 0 Å². The lowest BCUT2D eigenvalue weighted by Gasteiger charge is -2.34. The van der Waals surface area contributed by atoms with Gasteiger partial charge < -0.3 is 5.32 Å². The summed E-state index contributed by atoms with van der Waals surface area (Å²) in [5.74, 6) is -1.96. The van der Waals surface area contributed by atoms with E-state index in [1.165, 1.54) is 12.8 Å². The molecular weight excluding hydrogens is 232 g/mol. The number of hydrogen-bond acceptors (Lipinski definition) is 1. The van der Waals surface area contributed by atoms with Crippen LogP contribution in [0, 0.1) is 11.3 Å². The third-order valence-electron chi connectivity index (χ3n) is 4.14. The van der Waals surface area contributed by atoms with Gasteiger partial charge in [0.25, 0.3) is 0 Å². The zero-order valence-corrected chi connectivity index (χ0v) is 12.4. The zero-order chi connectivity index (χ0) is 13.8. The first-order valence-corrected chi connectivity index (χ1v) is 7.29. The molecule has 1 aliphatic carbocycles. The highest BCUT2D eigenvalue weighted by atomic mass is 19.3. The lowest BCUT2D eigenvalue weighted by Crippen LogP contribution is -2.38. The quantitative estimate of drug-likeness (QED) is 0.761. The van der Waals surface area contributed by atoms with Crippen molar-refractivity contribution in [3.63, 3.8) is 0 Å². The first-order valence-electron chi connectivity index (χ1n) is 7.29. The molecule has 1 saturated carbocycles. The van der Waals surface area contributed by atoms with Gasteiger partial charge in [-0.3, -0.25) is 0 Å². The van der Waals surface area contributed by atoms with Crippen LogP contribution in [-0.2, 0) is 0 Å². The van der Waals surface area contributed by atoms with Crippen LogP contribution in [0.15, 0.2) is 0 Å². The molecule has 0 aromatic heterocycles. The topological polar surface area (TPSA) is 12.0 Å². The van der Waals surface area contributed by atoms with E-state index in [0.717, 1.165) is 6.42 Å². The van der Waals surface area contributed by atoms with Crippen molar-refractivity contribution in [2.75, 3.05) is 7.05 Å². The molecule has 0 radical (unpaired) electrons. The predicted octanol–water partition coefficient (Wildman–Crippen LogP) is 4.62. The van der Waals surface area contributed by atoms with Gasteiger partial charge in [-0.15, -0.1) is 0 Å². The summed E-state index contributed by atoms with van der Waals surface area (Å²) >= 11 is 0. The molecule has 0 aromatic rings. The lowest BCUT2D eigenvalue weighted by atomic mass is 9.79. The van der Waals surface area contributed by atoms with Crippen LogP contribution < -0.4 is 5.32 Å². The summed E-state index contributed by atoms with van der Waals surface area (Å²) in [6, 6.07) is 0.420. The third-order valence-corrected chi connectivity index (χ3v) is 4.14. The summed E-state index contributed by atoms with van der Waals surface area (Å²) in [6.07, 6.45) is 5.01. The van der Waals surface area contributed by atoms with Crippen LogP contribution in [0.3, 0.4) is 0 Å². The Hall–Kier alpha value is -0.180.